The van der Waals surface area contributed by atoms with Gasteiger partial charge in [-0.1, -0.05) is 6.92 Å². The summed E-state index contributed by atoms with van der Waals surface area (Å²) in [6.45, 7) is 9.92. The second-order valence-corrected chi connectivity index (χ2v) is 5.38. The zero-order valence-corrected chi connectivity index (χ0v) is 11.0. The third-order valence-corrected chi connectivity index (χ3v) is 3.45. The van der Waals surface area contributed by atoms with E-state index in [9.17, 15) is 4.79 Å². The fourth-order valence-corrected chi connectivity index (χ4v) is 1.56. The molecule has 1 aliphatic rings. The van der Waals surface area contributed by atoms with Gasteiger partial charge in [0.05, 0.1) is 18.3 Å². The average Bonchev–Trinajstić information content (AvgIpc) is 2.36. The Morgan fingerprint density at radius 2 is 1.69 bits per heavy atom. The molecule has 92 valence electrons. The monoisotopic (exact) mass is 228 g/mol. The minimum Gasteiger partial charge on any atom is -0.469 e. The van der Waals surface area contributed by atoms with Crippen molar-refractivity contribution in [3.05, 3.63) is 0 Å². The molecule has 0 N–H and O–H groups in total. The van der Waals surface area contributed by atoms with Crippen LogP contribution < -0.4 is 0 Å². The molecule has 5 heteroatoms. The number of carbonyl (C=O) groups excluding carboxylic acids is 1. The first-order chi connectivity index (χ1) is 7.19. The smallest absolute Gasteiger partial charge is 0.461 e. The van der Waals surface area contributed by atoms with E-state index >= 15 is 0 Å². The van der Waals surface area contributed by atoms with Gasteiger partial charge in [-0.2, -0.15) is 0 Å². The number of rotatable bonds is 3. The van der Waals surface area contributed by atoms with Crippen molar-refractivity contribution >= 4 is 13.1 Å². The van der Waals surface area contributed by atoms with Crippen LogP contribution in [0.15, 0.2) is 0 Å². The Hall–Kier alpha value is -0.545. The van der Waals surface area contributed by atoms with Gasteiger partial charge < -0.3 is 14.0 Å². The third-order valence-electron chi connectivity index (χ3n) is 3.45. The van der Waals surface area contributed by atoms with E-state index in [2.05, 4.69) is 4.74 Å². The van der Waals surface area contributed by atoms with E-state index in [1.807, 2.05) is 34.6 Å². The number of esters is 1. The molecule has 1 atom stereocenters. The summed E-state index contributed by atoms with van der Waals surface area (Å²) in [6.07, 6.45) is 0.313. The molecule has 0 aromatic rings. The lowest BCUT2D eigenvalue weighted by Crippen LogP contribution is -2.41. The van der Waals surface area contributed by atoms with E-state index in [-0.39, 0.29) is 30.1 Å². The van der Waals surface area contributed by atoms with Crippen molar-refractivity contribution in [3.63, 3.8) is 0 Å². The first-order valence-electron chi connectivity index (χ1n) is 5.62. The Bertz CT molecular complexity index is 259. The van der Waals surface area contributed by atoms with E-state index in [1.54, 1.807) is 0 Å². The Labute approximate surface area is 97.8 Å². The average molecular weight is 228 g/mol. The minimum atomic E-state index is -0.345. The molecule has 0 aromatic heterocycles. The molecule has 1 fully saturated rings. The van der Waals surface area contributed by atoms with E-state index in [0.29, 0.717) is 6.42 Å². The quantitative estimate of drug-likeness (QED) is 0.547. The topological polar surface area (TPSA) is 44.8 Å². The van der Waals surface area contributed by atoms with Crippen molar-refractivity contribution in [2.24, 2.45) is 0 Å². The van der Waals surface area contributed by atoms with Crippen LogP contribution in [-0.4, -0.2) is 31.4 Å². The van der Waals surface area contributed by atoms with Crippen molar-refractivity contribution < 1.29 is 18.8 Å². The van der Waals surface area contributed by atoms with Crippen LogP contribution in [0.4, 0.5) is 0 Å². The van der Waals surface area contributed by atoms with Crippen LogP contribution in [0.2, 0.25) is 5.82 Å². The van der Waals surface area contributed by atoms with Gasteiger partial charge in [0.25, 0.3) is 0 Å². The van der Waals surface area contributed by atoms with Crippen LogP contribution in [0.25, 0.3) is 0 Å². The molecular formula is C11H21BO4. The van der Waals surface area contributed by atoms with Gasteiger partial charge in [0.2, 0.25) is 0 Å². The van der Waals surface area contributed by atoms with E-state index < -0.39 is 0 Å². The molecule has 0 bridgehead atoms. The van der Waals surface area contributed by atoms with Crippen LogP contribution in [0.5, 0.6) is 0 Å². The van der Waals surface area contributed by atoms with Crippen LogP contribution in [0.3, 0.4) is 0 Å². The maximum atomic E-state index is 11.2. The molecule has 0 unspecified atom stereocenters. The van der Waals surface area contributed by atoms with Crippen molar-refractivity contribution in [3.8, 4) is 0 Å². The summed E-state index contributed by atoms with van der Waals surface area (Å²) < 4.78 is 16.3. The number of hydrogen-bond acceptors (Lipinski definition) is 4. The van der Waals surface area contributed by atoms with Gasteiger partial charge in [-0.15, -0.1) is 0 Å². The lowest BCUT2D eigenvalue weighted by Gasteiger charge is -2.32. The summed E-state index contributed by atoms with van der Waals surface area (Å²) in [5.41, 5.74) is -0.690. The molecule has 0 aliphatic carbocycles. The molecule has 1 aliphatic heterocycles. The summed E-state index contributed by atoms with van der Waals surface area (Å²) in [5.74, 6) is -0.240. The highest BCUT2D eigenvalue weighted by Crippen LogP contribution is 2.40. The first kappa shape index (κ1) is 13.5. The number of carbonyl (C=O) groups is 1. The Kier molecular flexibility index (Phi) is 3.70. The Morgan fingerprint density at radius 3 is 2.06 bits per heavy atom. The maximum absolute atomic E-state index is 11.2. The van der Waals surface area contributed by atoms with Gasteiger partial charge in [-0.05, 0) is 27.7 Å². The van der Waals surface area contributed by atoms with Crippen molar-refractivity contribution in [1.29, 1.82) is 0 Å². The molecule has 16 heavy (non-hydrogen) atoms. The second-order valence-electron chi connectivity index (χ2n) is 5.38. The predicted molar refractivity (Wildman–Crippen MR) is 62.1 cm³/mol. The van der Waals surface area contributed by atoms with Crippen molar-refractivity contribution in [2.75, 3.05) is 7.11 Å². The second kappa shape index (κ2) is 4.38. The summed E-state index contributed by atoms with van der Waals surface area (Å²) in [6, 6.07) is 0. The zero-order chi connectivity index (χ0) is 12.6. The summed E-state index contributed by atoms with van der Waals surface area (Å²) in [5, 5.41) is 0. The largest absolute Gasteiger partial charge is 0.469 e. The summed E-state index contributed by atoms with van der Waals surface area (Å²) >= 11 is 0. The molecule has 0 amide bonds. The maximum Gasteiger partial charge on any atom is 0.461 e. The number of methoxy groups -OCH3 is 1. The summed E-state index contributed by atoms with van der Waals surface area (Å²) in [4.78, 5) is 11.2. The Morgan fingerprint density at radius 1 is 1.25 bits per heavy atom. The standard InChI is InChI=1S/C11H21BO4/c1-8(7-9(13)14-6)12-15-10(2,3)11(4,5)16-12/h8H,7H2,1-6H3/t8-/m1/s1. The molecule has 0 saturated carbocycles. The molecule has 0 spiro atoms. The van der Waals surface area contributed by atoms with Gasteiger partial charge in [0.15, 0.2) is 0 Å². The lowest BCUT2D eigenvalue weighted by molar-refractivity contribution is -0.140. The van der Waals surface area contributed by atoms with Crippen LogP contribution in [-0.2, 0) is 18.8 Å². The third kappa shape index (κ3) is 2.58. The highest BCUT2D eigenvalue weighted by molar-refractivity contribution is 6.47. The van der Waals surface area contributed by atoms with Crippen LogP contribution >= 0.6 is 0 Å². The van der Waals surface area contributed by atoms with Crippen molar-refractivity contribution in [2.45, 2.75) is 58.1 Å². The van der Waals surface area contributed by atoms with E-state index in [1.165, 1.54) is 7.11 Å². The SMILES string of the molecule is COC(=O)C[C@@H](C)B1OC(C)(C)C(C)(C)O1. The minimum absolute atomic E-state index is 0.00602. The van der Waals surface area contributed by atoms with Gasteiger partial charge in [-0.25, -0.2) is 0 Å². The Balaban J connectivity index is 2.62. The summed E-state index contributed by atoms with van der Waals surface area (Å²) in [7, 11) is 1.04. The molecular weight excluding hydrogens is 207 g/mol. The fourth-order valence-electron chi connectivity index (χ4n) is 1.56. The zero-order valence-electron chi connectivity index (χ0n) is 11.0. The lowest BCUT2D eigenvalue weighted by atomic mass is 9.71. The van der Waals surface area contributed by atoms with Gasteiger partial charge in [0.1, 0.15) is 0 Å². The van der Waals surface area contributed by atoms with Gasteiger partial charge >= 0.3 is 13.1 Å². The number of ether oxygens (including phenoxy) is 1. The molecule has 0 aromatic carbocycles. The predicted octanol–water partition coefficient (Wildman–Crippen LogP) is 2.03. The molecule has 4 nitrogen and oxygen atoms in total. The van der Waals surface area contributed by atoms with Crippen LogP contribution in [0.1, 0.15) is 41.0 Å². The van der Waals surface area contributed by atoms with Crippen LogP contribution in [0, 0.1) is 0 Å². The van der Waals surface area contributed by atoms with Gasteiger partial charge in [0, 0.05) is 12.2 Å². The van der Waals surface area contributed by atoms with Gasteiger partial charge in [-0.3, -0.25) is 4.79 Å². The molecule has 0 radical (unpaired) electrons. The van der Waals surface area contributed by atoms with E-state index in [4.69, 9.17) is 9.31 Å². The van der Waals surface area contributed by atoms with E-state index in [0.717, 1.165) is 0 Å². The molecule has 1 saturated heterocycles. The molecule has 1 rings (SSSR count). The molecule has 1 heterocycles. The normalized spacial score (nSPS) is 24.2. The fraction of sp³-hybridized carbons (Fsp3) is 0.909. The van der Waals surface area contributed by atoms with Crippen molar-refractivity contribution in [1.82, 2.24) is 0 Å². The number of hydrogen-bond donors (Lipinski definition) is 0. The first-order valence-corrected chi connectivity index (χ1v) is 5.62. The highest BCUT2D eigenvalue weighted by atomic mass is 16.7. The highest BCUT2D eigenvalue weighted by Gasteiger charge is 2.52.